The third-order valence-electron chi connectivity index (χ3n) is 5.25. The Balaban J connectivity index is 1.48. The topological polar surface area (TPSA) is 41.6 Å². The first-order valence-electron chi connectivity index (χ1n) is 8.53. The molecule has 1 aromatic carbocycles. The lowest BCUT2D eigenvalue weighted by atomic mass is 9.79. The monoisotopic (exact) mass is 300 g/mol. The Kier molecular flexibility index (Phi) is 3.78. The number of para-hydroxylation sites is 1. The second-order valence-corrected chi connectivity index (χ2v) is 6.82. The zero-order valence-electron chi connectivity index (χ0n) is 12.9. The second kappa shape index (κ2) is 5.92. The molecule has 0 bridgehead atoms. The molecule has 0 radical (unpaired) electrons. The van der Waals surface area contributed by atoms with Gasteiger partial charge in [0, 0.05) is 43.3 Å². The van der Waals surface area contributed by atoms with Gasteiger partial charge in [0.1, 0.15) is 0 Å². The van der Waals surface area contributed by atoms with Crippen molar-refractivity contribution < 1.29 is 9.53 Å². The number of piperidine rings is 1. The van der Waals surface area contributed by atoms with E-state index in [2.05, 4.69) is 34.5 Å². The van der Waals surface area contributed by atoms with Crippen molar-refractivity contribution in [3.63, 3.8) is 0 Å². The van der Waals surface area contributed by atoms with Gasteiger partial charge in [-0.2, -0.15) is 0 Å². The molecule has 118 valence electrons. The van der Waals surface area contributed by atoms with E-state index in [4.69, 9.17) is 4.74 Å². The summed E-state index contributed by atoms with van der Waals surface area (Å²) in [6.45, 7) is 2.68. The lowest BCUT2D eigenvalue weighted by Gasteiger charge is -2.45. The van der Waals surface area contributed by atoms with Gasteiger partial charge in [-0.05, 0) is 37.8 Å². The molecule has 1 aliphatic carbocycles. The third kappa shape index (κ3) is 2.84. The average molecular weight is 300 g/mol. The van der Waals surface area contributed by atoms with Gasteiger partial charge in [0.05, 0.1) is 6.10 Å². The molecule has 4 nitrogen and oxygen atoms in total. The fraction of sp³-hybridized carbons (Fsp3) is 0.611. The zero-order chi connectivity index (χ0) is 14.9. The number of ether oxygens (including phenoxy) is 1. The minimum Gasteiger partial charge on any atom is -0.378 e. The number of anilines is 1. The summed E-state index contributed by atoms with van der Waals surface area (Å²) in [5, 5.41) is 3.20. The van der Waals surface area contributed by atoms with Gasteiger partial charge >= 0.3 is 0 Å². The molecule has 1 N–H and O–H groups in total. The molecule has 2 aliphatic heterocycles. The van der Waals surface area contributed by atoms with Crippen LogP contribution in [0, 0.1) is 11.8 Å². The normalized spacial score (nSPS) is 31.5. The molecule has 1 amide bonds. The predicted octanol–water partition coefficient (Wildman–Crippen LogP) is 2.20. The van der Waals surface area contributed by atoms with Crippen LogP contribution in [0.3, 0.4) is 0 Å². The highest BCUT2D eigenvalue weighted by Crippen LogP contribution is 2.35. The molecule has 3 atom stereocenters. The van der Waals surface area contributed by atoms with Crippen molar-refractivity contribution in [2.75, 3.05) is 24.6 Å². The lowest BCUT2D eigenvalue weighted by Crippen LogP contribution is -2.53. The highest BCUT2D eigenvalue weighted by atomic mass is 16.5. The smallest absolute Gasteiger partial charge is 0.223 e. The Labute approximate surface area is 131 Å². The van der Waals surface area contributed by atoms with E-state index in [1.807, 2.05) is 6.07 Å². The van der Waals surface area contributed by atoms with Crippen LogP contribution in [0.1, 0.15) is 25.7 Å². The summed E-state index contributed by atoms with van der Waals surface area (Å²) in [5.74, 6) is 0.697. The summed E-state index contributed by atoms with van der Waals surface area (Å²) in [6, 6.07) is 11.0. The van der Waals surface area contributed by atoms with Gasteiger partial charge in [-0.25, -0.2) is 0 Å². The molecule has 0 aromatic heterocycles. The first kappa shape index (κ1) is 14.1. The van der Waals surface area contributed by atoms with Gasteiger partial charge in [0.2, 0.25) is 5.91 Å². The van der Waals surface area contributed by atoms with E-state index in [0.29, 0.717) is 12.0 Å². The fourth-order valence-electron chi connectivity index (χ4n) is 3.85. The van der Waals surface area contributed by atoms with E-state index in [1.165, 1.54) is 5.69 Å². The van der Waals surface area contributed by atoms with Crippen LogP contribution < -0.4 is 10.2 Å². The molecule has 0 spiro atoms. The number of carbonyl (C=O) groups excluding carboxylic acids is 1. The Bertz CT molecular complexity index is 529. The van der Waals surface area contributed by atoms with Crippen LogP contribution in [0.25, 0.3) is 0 Å². The van der Waals surface area contributed by atoms with Gasteiger partial charge in [0.15, 0.2) is 0 Å². The van der Waals surface area contributed by atoms with Gasteiger partial charge in [-0.15, -0.1) is 0 Å². The second-order valence-electron chi connectivity index (χ2n) is 6.82. The number of hydrogen-bond donors (Lipinski definition) is 1. The van der Waals surface area contributed by atoms with Crippen LogP contribution in [0.5, 0.6) is 0 Å². The van der Waals surface area contributed by atoms with Crippen LogP contribution in [0.15, 0.2) is 30.3 Å². The minimum absolute atomic E-state index is 0.117. The highest BCUT2D eigenvalue weighted by molar-refractivity contribution is 5.80. The summed E-state index contributed by atoms with van der Waals surface area (Å²) >= 11 is 0. The van der Waals surface area contributed by atoms with Crippen molar-refractivity contribution in [2.24, 2.45) is 11.8 Å². The van der Waals surface area contributed by atoms with Crippen molar-refractivity contribution >= 4 is 11.6 Å². The van der Waals surface area contributed by atoms with Crippen molar-refractivity contribution in [1.29, 1.82) is 0 Å². The lowest BCUT2D eigenvalue weighted by molar-refractivity contribution is -0.137. The fourth-order valence-corrected chi connectivity index (χ4v) is 3.85. The number of hydrogen-bond acceptors (Lipinski definition) is 3. The molecule has 4 heteroatoms. The van der Waals surface area contributed by atoms with Gasteiger partial charge < -0.3 is 15.0 Å². The molecule has 3 aliphatic rings. The molecular weight excluding hydrogens is 276 g/mol. The van der Waals surface area contributed by atoms with Gasteiger partial charge in [0.25, 0.3) is 0 Å². The molecule has 1 aromatic rings. The molecule has 3 fully saturated rings. The third-order valence-corrected chi connectivity index (χ3v) is 5.25. The van der Waals surface area contributed by atoms with Crippen LogP contribution >= 0.6 is 0 Å². The van der Waals surface area contributed by atoms with Crippen molar-refractivity contribution in [3.8, 4) is 0 Å². The molecule has 1 saturated carbocycles. The van der Waals surface area contributed by atoms with Crippen molar-refractivity contribution in [2.45, 2.75) is 37.8 Å². The van der Waals surface area contributed by atoms with Gasteiger partial charge in [-0.3, -0.25) is 4.79 Å². The standard InChI is InChI=1S/C18H24N2O2/c21-18(19-13-6-7-13)15-9-11-22-17-8-10-20(12-16(15)17)14-4-2-1-3-5-14/h1-5,13,15-17H,6-12H2,(H,19,21)/t15-,16-,17-/m1/s1. The van der Waals surface area contributed by atoms with Crippen molar-refractivity contribution in [3.05, 3.63) is 30.3 Å². The van der Waals surface area contributed by atoms with E-state index in [-0.39, 0.29) is 17.9 Å². The molecule has 4 rings (SSSR count). The van der Waals surface area contributed by atoms with E-state index >= 15 is 0 Å². The molecular formula is C18H24N2O2. The highest BCUT2D eigenvalue weighted by Gasteiger charge is 2.42. The minimum atomic E-state index is 0.117. The Morgan fingerprint density at radius 1 is 1.14 bits per heavy atom. The Morgan fingerprint density at radius 2 is 1.95 bits per heavy atom. The number of fused-ring (bicyclic) bond motifs is 1. The SMILES string of the molecule is O=C(NC1CC1)[C@@H]1CCO[C@@H]2CCN(c3ccccc3)C[C@@H]21. The quantitative estimate of drug-likeness (QED) is 0.930. The maximum Gasteiger partial charge on any atom is 0.223 e. The summed E-state index contributed by atoms with van der Waals surface area (Å²) in [5.41, 5.74) is 1.26. The number of rotatable bonds is 3. The predicted molar refractivity (Wildman–Crippen MR) is 85.8 cm³/mol. The average Bonchev–Trinajstić information content (AvgIpc) is 3.38. The number of carbonyl (C=O) groups is 1. The number of nitrogens with zero attached hydrogens (tertiary/aromatic N) is 1. The van der Waals surface area contributed by atoms with Crippen LogP contribution in [-0.4, -0.2) is 37.7 Å². The number of nitrogens with one attached hydrogen (secondary N) is 1. The molecule has 0 unspecified atom stereocenters. The van der Waals surface area contributed by atoms with E-state index in [9.17, 15) is 4.79 Å². The molecule has 2 saturated heterocycles. The van der Waals surface area contributed by atoms with Crippen LogP contribution in [0.4, 0.5) is 5.69 Å². The first-order chi connectivity index (χ1) is 10.8. The Hall–Kier alpha value is -1.55. The summed E-state index contributed by atoms with van der Waals surface area (Å²) < 4.78 is 5.96. The van der Waals surface area contributed by atoms with Crippen molar-refractivity contribution in [1.82, 2.24) is 5.32 Å². The maximum absolute atomic E-state index is 12.6. The molecule has 2 heterocycles. The first-order valence-corrected chi connectivity index (χ1v) is 8.53. The van der Waals surface area contributed by atoms with E-state index < -0.39 is 0 Å². The molecule has 22 heavy (non-hydrogen) atoms. The summed E-state index contributed by atoms with van der Waals surface area (Å²) in [4.78, 5) is 15.0. The largest absolute Gasteiger partial charge is 0.378 e. The van der Waals surface area contributed by atoms with Crippen LogP contribution in [0.2, 0.25) is 0 Å². The summed E-state index contributed by atoms with van der Waals surface area (Å²) in [6.07, 6.45) is 4.44. The van der Waals surface area contributed by atoms with E-state index in [0.717, 1.165) is 45.4 Å². The maximum atomic E-state index is 12.6. The Morgan fingerprint density at radius 3 is 2.73 bits per heavy atom. The van der Waals surface area contributed by atoms with E-state index in [1.54, 1.807) is 0 Å². The zero-order valence-corrected chi connectivity index (χ0v) is 12.9. The van der Waals surface area contributed by atoms with Crippen LogP contribution in [-0.2, 0) is 9.53 Å². The summed E-state index contributed by atoms with van der Waals surface area (Å²) in [7, 11) is 0. The number of benzene rings is 1. The number of amides is 1. The van der Waals surface area contributed by atoms with Gasteiger partial charge in [-0.1, -0.05) is 18.2 Å².